The predicted molar refractivity (Wildman–Crippen MR) is 104 cm³/mol. The number of benzene rings is 1. The highest BCUT2D eigenvalue weighted by atomic mass is 32.2. The topological polar surface area (TPSA) is 84.2 Å². The highest BCUT2D eigenvalue weighted by Crippen LogP contribution is 2.34. The first-order valence-electron chi connectivity index (χ1n) is 8.77. The molecule has 0 fully saturated rings. The van der Waals surface area contributed by atoms with Crippen molar-refractivity contribution < 1.29 is 14.3 Å². The molecule has 6 nitrogen and oxygen atoms in total. The minimum Gasteiger partial charge on any atom is -0.454 e. The van der Waals surface area contributed by atoms with Gasteiger partial charge in [-0.2, -0.15) is 5.26 Å². The third-order valence-corrected chi connectivity index (χ3v) is 4.87. The van der Waals surface area contributed by atoms with Crippen molar-refractivity contribution in [3.05, 3.63) is 41.6 Å². The van der Waals surface area contributed by atoms with Crippen LogP contribution in [-0.2, 0) is 11.2 Å². The summed E-state index contributed by atoms with van der Waals surface area (Å²) in [6.07, 6.45) is 1.18. The van der Waals surface area contributed by atoms with Gasteiger partial charge in [-0.15, -0.1) is 11.8 Å². The van der Waals surface area contributed by atoms with Gasteiger partial charge in [0.1, 0.15) is 11.1 Å². The number of rotatable bonds is 7. The van der Waals surface area contributed by atoms with Gasteiger partial charge in [-0.3, -0.25) is 4.79 Å². The maximum atomic E-state index is 12.2. The first-order valence-corrected chi connectivity index (χ1v) is 9.76. The average molecular weight is 383 g/mol. The normalized spacial score (nSPS) is 12.1. The smallest absolute Gasteiger partial charge is 0.231 e. The zero-order chi connectivity index (χ0) is 19.2. The zero-order valence-corrected chi connectivity index (χ0v) is 16.1. The number of carbonyl (C=O) groups is 1. The fourth-order valence-electron chi connectivity index (χ4n) is 2.64. The molecule has 140 valence electrons. The molecule has 2 aromatic rings. The van der Waals surface area contributed by atoms with E-state index in [2.05, 4.69) is 30.2 Å². The molecule has 1 aliphatic heterocycles. The molecule has 0 radical (unpaired) electrons. The van der Waals surface area contributed by atoms with Crippen molar-refractivity contribution >= 4 is 23.4 Å². The van der Waals surface area contributed by atoms with Gasteiger partial charge in [0.05, 0.1) is 5.56 Å². The van der Waals surface area contributed by atoms with Gasteiger partial charge in [-0.25, -0.2) is 4.98 Å². The Kier molecular flexibility index (Phi) is 6.20. The van der Waals surface area contributed by atoms with E-state index in [1.54, 1.807) is 24.3 Å². The monoisotopic (exact) mass is 383 g/mol. The highest BCUT2D eigenvalue weighted by molar-refractivity contribution is 7.99. The standard InChI is InChI=1S/C20H21N3O3S/c1-13(2)9-15-4-3-14(11-21)20(23-15)27-8-7-19(24)22-16-5-6-17-18(10-16)26-12-25-17/h3-6,10,13H,7-9,12H2,1-2H3,(H,22,24). The number of nitrogens with zero attached hydrogens (tertiary/aromatic N) is 2. The minimum absolute atomic E-state index is 0.0989. The summed E-state index contributed by atoms with van der Waals surface area (Å²) in [5.74, 6) is 2.25. The summed E-state index contributed by atoms with van der Waals surface area (Å²) in [5.41, 5.74) is 2.18. The molecule has 0 aliphatic carbocycles. The van der Waals surface area contributed by atoms with Gasteiger partial charge in [0.15, 0.2) is 11.5 Å². The number of aromatic nitrogens is 1. The van der Waals surface area contributed by atoms with Gasteiger partial charge in [-0.1, -0.05) is 13.8 Å². The number of carbonyl (C=O) groups excluding carboxylic acids is 1. The second kappa shape index (κ2) is 8.78. The van der Waals surface area contributed by atoms with Crippen molar-refractivity contribution in [1.29, 1.82) is 5.26 Å². The lowest BCUT2D eigenvalue weighted by atomic mass is 10.1. The van der Waals surface area contributed by atoms with Gasteiger partial charge in [0.25, 0.3) is 0 Å². The van der Waals surface area contributed by atoms with Crippen molar-refractivity contribution in [3.63, 3.8) is 0 Å². The fraction of sp³-hybridized carbons (Fsp3) is 0.350. The Labute approximate surface area is 162 Å². The van der Waals surface area contributed by atoms with Crippen LogP contribution >= 0.6 is 11.8 Å². The number of fused-ring (bicyclic) bond motifs is 1. The lowest BCUT2D eigenvalue weighted by molar-refractivity contribution is -0.115. The molecule has 2 heterocycles. The second-order valence-electron chi connectivity index (χ2n) is 6.58. The van der Waals surface area contributed by atoms with Crippen LogP contribution in [0.4, 0.5) is 5.69 Å². The molecular formula is C20H21N3O3S. The lowest BCUT2D eigenvalue weighted by Crippen LogP contribution is -2.12. The third-order valence-electron chi connectivity index (χ3n) is 3.88. The molecule has 0 bridgehead atoms. The van der Waals surface area contributed by atoms with E-state index in [0.29, 0.717) is 45.9 Å². The summed E-state index contributed by atoms with van der Waals surface area (Å²) in [4.78, 5) is 16.8. The van der Waals surface area contributed by atoms with E-state index in [9.17, 15) is 10.1 Å². The molecule has 7 heteroatoms. The van der Waals surface area contributed by atoms with Gasteiger partial charge < -0.3 is 14.8 Å². The van der Waals surface area contributed by atoms with Crippen LogP contribution < -0.4 is 14.8 Å². The molecule has 3 rings (SSSR count). The largest absolute Gasteiger partial charge is 0.454 e. The Bertz CT molecular complexity index is 877. The summed E-state index contributed by atoms with van der Waals surface area (Å²) in [5, 5.41) is 12.8. The summed E-state index contributed by atoms with van der Waals surface area (Å²) in [7, 11) is 0. The van der Waals surface area contributed by atoms with Crippen molar-refractivity contribution in [2.75, 3.05) is 17.9 Å². The van der Waals surface area contributed by atoms with Crippen LogP contribution in [0.3, 0.4) is 0 Å². The highest BCUT2D eigenvalue weighted by Gasteiger charge is 2.14. The molecule has 1 aromatic carbocycles. The van der Waals surface area contributed by atoms with Crippen molar-refractivity contribution in [1.82, 2.24) is 4.98 Å². The summed E-state index contributed by atoms with van der Waals surface area (Å²) < 4.78 is 10.6. The second-order valence-corrected chi connectivity index (χ2v) is 7.66. The number of pyridine rings is 1. The predicted octanol–water partition coefficient (Wildman–Crippen LogP) is 4.00. The number of hydrogen-bond acceptors (Lipinski definition) is 6. The first-order chi connectivity index (χ1) is 13.0. The van der Waals surface area contributed by atoms with Crippen LogP contribution in [0.25, 0.3) is 0 Å². The Morgan fingerprint density at radius 2 is 2.11 bits per heavy atom. The van der Waals surface area contributed by atoms with Crippen LogP contribution in [0, 0.1) is 17.2 Å². The third kappa shape index (κ3) is 5.14. The van der Waals surface area contributed by atoms with E-state index in [1.165, 1.54) is 11.8 Å². The molecule has 0 saturated heterocycles. The van der Waals surface area contributed by atoms with Crippen LogP contribution in [0.5, 0.6) is 11.5 Å². The SMILES string of the molecule is CC(C)Cc1ccc(C#N)c(SCCC(=O)Nc2ccc3c(c2)OCO3)n1. The number of hydrogen-bond donors (Lipinski definition) is 1. The summed E-state index contributed by atoms with van der Waals surface area (Å²) in [6.45, 7) is 4.47. The van der Waals surface area contributed by atoms with E-state index in [-0.39, 0.29) is 12.7 Å². The molecule has 0 spiro atoms. The maximum Gasteiger partial charge on any atom is 0.231 e. The average Bonchev–Trinajstić information content (AvgIpc) is 3.09. The molecule has 1 aliphatic rings. The molecule has 1 aromatic heterocycles. The Hall–Kier alpha value is -2.72. The van der Waals surface area contributed by atoms with E-state index < -0.39 is 0 Å². The zero-order valence-electron chi connectivity index (χ0n) is 15.3. The minimum atomic E-state index is -0.0989. The Morgan fingerprint density at radius 3 is 2.89 bits per heavy atom. The van der Waals surface area contributed by atoms with Crippen molar-refractivity contribution in [3.8, 4) is 17.6 Å². The Balaban J connectivity index is 1.54. The molecule has 0 unspecified atom stereocenters. The van der Waals surface area contributed by atoms with Crippen molar-refractivity contribution in [2.24, 2.45) is 5.92 Å². The van der Waals surface area contributed by atoms with Crippen LogP contribution in [0.2, 0.25) is 0 Å². The van der Waals surface area contributed by atoms with Crippen LogP contribution in [0.1, 0.15) is 31.5 Å². The molecular weight excluding hydrogens is 362 g/mol. The number of nitriles is 1. The summed E-state index contributed by atoms with van der Waals surface area (Å²) >= 11 is 1.43. The first kappa shape index (κ1) is 19.1. The van der Waals surface area contributed by atoms with Gasteiger partial charge >= 0.3 is 0 Å². The van der Waals surface area contributed by atoms with Crippen molar-refractivity contribution in [2.45, 2.75) is 31.7 Å². The molecule has 0 atom stereocenters. The number of thioether (sulfide) groups is 1. The summed E-state index contributed by atoms with van der Waals surface area (Å²) in [6, 6.07) is 11.2. The number of amides is 1. The lowest BCUT2D eigenvalue weighted by Gasteiger charge is -2.09. The fourth-order valence-corrected chi connectivity index (χ4v) is 3.58. The van der Waals surface area contributed by atoms with E-state index in [0.717, 1.165) is 12.1 Å². The number of anilines is 1. The van der Waals surface area contributed by atoms with E-state index in [4.69, 9.17) is 9.47 Å². The van der Waals surface area contributed by atoms with Gasteiger partial charge in [-0.05, 0) is 36.6 Å². The van der Waals surface area contributed by atoms with E-state index >= 15 is 0 Å². The van der Waals surface area contributed by atoms with Crippen LogP contribution in [0.15, 0.2) is 35.4 Å². The van der Waals surface area contributed by atoms with Gasteiger partial charge in [0.2, 0.25) is 12.7 Å². The molecule has 1 amide bonds. The quantitative estimate of drug-likeness (QED) is 0.728. The van der Waals surface area contributed by atoms with Gasteiger partial charge in [0, 0.05) is 29.6 Å². The Morgan fingerprint density at radius 1 is 1.30 bits per heavy atom. The van der Waals surface area contributed by atoms with E-state index in [1.807, 2.05) is 6.07 Å². The molecule has 27 heavy (non-hydrogen) atoms. The van der Waals surface area contributed by atoms with Crippen LogP contribution in [-0.4, -0.2) is 23.4 Å². The molecule has 1 N–H and O–H groups in total. The maximum absolute atomic E-state index is 12.2. The molecule has 0 saturated carbocycles. The number of nitrogens with one attached hydrogen (secondary N) is 1. The number of ether oxygens (including phenoxy) is 2.